The number of hydrogen-bond acceptors (Lipinski definition) is 5. The summed E-state index contributed by atoms with van der Waals surface area (Å²) in [6, 6.07) is 10.9. The van der Waals surface area contributed by atoms with Gasteiger partial charge in [0.2, 0.25) is 10.0 Å². The van der Waals surface area contributed by atoms with Crippen LogP contribution in [0.4, 0.5) is 0 Å². The molecule has 1 heterocycles. The van der Waals surface area contributed by atoms with Crippen molar-refractivity contribution in [2.24, 2.45) is 5.14 Å². The predicted molar refractivity (Wildman–Crippen MR) is 117 cm³/mol. The number of rotatable bonds is 7. The van der Waals surface area contributed by atoms with Gasteiger partial charge in [-0.1, -0.05) is 29.3 Å². The molecule has 0 saturated carbocycles. The molecule has 3 N–H and O–H groups in total. The SMILES string of the molecule is NS(=O)(=O)c1cccc(C(=O)NCCN2CCC(Oc3ccc(Cl)c(Cl)c3)CC2)c1. The maximum Gasteiger partial charge on any atom is 0.251 e. The zero-order chi connectivity index (χ0) is 21.7. The molecular weight excluding hydrogens is 449 g/mol. The van der Waals surface area contributed by atoms with Crippen molar-refractivity contribution >= 4 is 39.1 Å². The number of nitrogens with zero attached hydrogens (tertiary/aromatic N) is 1. The second-order valence-corrected chi connectivity index (χ2v) is 9.44. The highest BCUT2D eigenvalue weighted by atomic mass is 35.5. The average Bonchev–Trinajstić information content (AvgIpc) is 2.71. The Bertz CT molecular complexity index is 1010. The minimum atomic E-state index is -3.84. The smallest absolute Gasteiger partial charge is 0.251 e. The van der Waals surface area contributed by atoms with Crippen molar-refractivity contribution in [2.75, 3.05) is 26.2 Å². The van der Waals surface area contributed by atoms with Gasteiger partial charge in [-0.05, 0) is 43.2 Å². The fourth-order valence-electron chi connectivity index (χ4n) is 3.24. The van der Waals surface area contributed by atoms with E-state index in [9.17, 15) is 13.2 Å². The summed E-state index contributed by atoms with van der Waals surface area (Å²) < 4.78 is 28.8. The molecule has 1 aliphatic rings. The van der Waals surface area contributed by atoms with Crippen LogP contribution in [0.5, 0.6) is 5.75 Å². The topological polar surface area (TPSA) is 102 Å². The lowest BCUT2D eigenvalue weighted by atomic mass is 10.1. The van der Waals surface area contributed by atoms with Gasteiger partial charge in [0.1, 0.15) is 11.9 Å². The van der Waals surface area contributed by atoms with Gasteiger partial charge in [0.05, 0.1) is 14.9 Å². The van der Waals surface area contributed by atoms with E-state index in [-0.39, 0.29) is 22.5 Å². The van der Waals surface area contributed by atoms with Crippen LogP contribution in [0, 0.1) is 0 Å². The Morgan fingerprint density at radius 1 is 1.13 bits per heavy atom. The summed E-state index contributed by atoms with van der Waals surface area (Å²) in [5, 5.41) is 8.89. The van der Waals surface area contributed by atoms with E-state index in [1.54, 1.807) is 24.3 Å². The van der Waals surface area contributed by atoms with Crippen molar-refractivity contribution in [1.29, 1.82) is 0 Å². The minimum Gasteiger partial charge on any atom is -0.490 e. The van der Waals surface area contributed by atoms with Gasteiger partial charge in [-0.25, -0.2) is 13.6 Å². The Morgan fingerprint density at radius 2 is 1.87 bits per heavy atom. The Kier molecular flexibility index (Phi) is 7.60. The third kappa shape index (κ3) is 6.33. The predicted octanol–water partition coefficient (Wildman–Crippen LogP) is 2.91. The second-order valence-electron chi connectivity index (χ2n) is 7.06. The first-order chi connectivity index (χ1) is 14.2. The molecule has 2 aromatic rings. The summed E-state index contributed by atoms with van der Waals surface area (Å²) in [5.74, 6) is 0.371. The van der Waals surface area contributed by atoms with Crippen LogP contribution in [0.15, 0.2) is 47.4 Å². The number of primary sulfonamides is 1. The third-order valence-corrected chi connectivity index (χ3v) is 6.52. The van der Waals surface area contributed by atoms with Gasteiger partial charge < -0.3 is 15.0 Å². The van der Waals surface area contributed by atoms with Crippen molar-refractivity contribution < 1.29 is 17.9 Å². The number of sulfonamides is 1. The third-order valence-electron chi connectivity index (χ3n) is 4.87. The van der Waals surface area contributed by atoms with Crippen molar-refractivity contribution in [3.05, 3.63) is 58.1 Å². The zero-order valence-corrected chi connectivity index (χ0v) is 18.5. The molecule has 0 aromatic heterocycles. The van der Waals surface area contributed by atoms with E-state index in [1.165, 1.54) is 18.2 Å². The number of ether oxygens (including phenoxy) is 1. The molecule has 0 radical (unpaired) electrons. The minimum absolute atomic E-state index is 0.0841. The quantitative estimate of drug-likeness (QED) is 0.646. The molecule has 0 atom stereocenters. The van der Waals surface area contributed by atoms with Crippen LogP contribution in [0.25, 0.3) is 0 Å². The van der Waals surface area contributed by atoms with E-state index in [1.807, 2.05) is 0 Å². The van der Waals surface area contributed by atoms with Gasteiger partial charge in [-0.2, -0.15) is 0 Å². The maximum atomic E-state index is 12.3. The van der Waals surface area contributed by atoms with Gasteiger partial charge in [0, 0.05) is 37.8 Å². The van der Waals surface area contributed by atoms with Crippen molar-refractivity contribution in [3.63, 3.8) is 0 Å². The first-order valence-corrected chi connectivity index (χ1v) is 11.8. The van der Waals surface area contributed by atoms with Crippen LogP contribution in [0.1, 0.15) is 23.2 Å². The van der Waals surface area contributed by atoms with Crippen LogP contribution in [0.3, 0.4) is 0 Å². The van der Waals surface area contributed by atoms with Crippen molar-refractivity contribution in [1.82, 2.24) is 10.2 Å². The van der Waals surface area contributed by atoms with Crippen molar-refractivity contribution in [3.8, 4) is 5.75 Å². The first kappa shape index (κ1) is 22.8. The number of carbonyl (C=O) groups excluding carboxylic acids is 1. The van der Waals surface area contributed by atoms with E-state index < -0.39 is 10.0 Å². The number of halogens is 2. The highest BCUT2D eigenvalue weighted by Crippen LogP contribution is 2.28. The molecule has 162 valence electrons. The lowest BCUT2D eigenvalue weighted by molar-refractivity contribution is 0.0905. The Morgan fingerprint density at radius 3 is 2.53 bits per heavy atom. The molecule has 1 aliphatic heterocycles. The lowest BCUT2D eigenvalue weighted by Gasteiger charge is -2.32. The van der Waals surface area contributed by atoms with Crippen LogP contribution in [-0.2, 0) is 10.0 Å². The van der Waals surface area contributed by atoms with Gasteiger partial charge in [0.15, 0.2) is 0 Å². The highest BCUT2D eigenvalue weighted by molar-refractivity contribution is 7.89. The average molecular weight is 472 g/mol. The van der Waals surface area contributed by atoms with Gasteiger partial charge in [-0.15, -0.1) is 0 Å². The van der Waals surface area contributed by atoms with Crippen LogP contribution < -0.4 is 15.2 Å². The van der Waals surface area contributed by atoms with Crippen LogP contribution in [-0.4, -0.2) is 51.5 Å². The summed E-state index contributed by atoms with van der Waals surface area (Å²) in [6.07, 6.45) is 1.84. The fraction of sp³-hybridized carbons (Fsp3) is 0.350. The fourth-order valence-corrected chi connectivity index (χ4v) is 4.08. The van der Waals surface area contributed by atoms with Gasteiger partial charge >= 0.3 is 0 Å². The zero-order valence-electron chi connectivity index (χ0n) is 16.2. The van der Waals surface area contributed by atoms with E-state index in [0.717, 1.165) is 25.9 Å². The van der Waals surface area contributed by atoms with E-state index in [0.29, 0.717) is 28.9 Å². The molecule has 7 nitrogen and oxygen atoms in total. The molecular formula is C20H23Cl2N3O4S. The molecule has 0 unspecified atom stereocenters. The summed E-state index contributed by atoms with van der Waals surface area (Å²) in [4.78, 5) is 14.4. The van der Waals surface area contributed by atoms with Crippen LogP contribution in [0.2, 0.25) is 10.0 Å². The molecule has 10 heteroatoms. The number of nitrogens with two attached hydrogens (primary N) is 1. The molecule has 0 aliphatic carbocycles. The summed E-state index contributed by atoms with van der Waals surface area (Å²) in [7, 11) is -3.84. The lowest BCUT2D eigenvalue weighted by Crippen LogP contribution is -2.42. The molecule has 3 rings (SSSR count). The number of nitrogens with one attached hydrogen (secondary N) is 1. The van der Waals surface area contributed by atoms with Gasteiger partial charge in [-0.3, -0.25) is 4.79 Å². The number of amides is 1. The van der Waals surface area contributed by atoms with E-state index >= 15 is 0 Å². The maximum absolute atomic E-state index is 12.3. The van der Waals surface area contributed by atoms with Crippen LogP contribution >= 0.6 is 23.2 Å². The molecule has 1 fully saturated rings. The molecule has 0 spiro atoms. The number of likely N-dealkylation sites (tertiary alicyclic amines) is 1. The second kappa shape index (κ2) is 9.98. The standard InChI is InChI=1S/C20H23Cl2N3O4S/c21-18-5-4-16(13-19(18)22)29-15-6-9-25(10-7-15)11-8-24-20(26)14-2-1-3-17(12-14)30(23,27)28/h1-5,12-13,15H,6-11H2,(H,24,26)(H2,23,27,28). The number of piperidine rings is 1. The van der Waals surface area contributed by atoms with Crippen molar-refractivity contribution in [2.45, 2.75) is 23.8 Å². The molecule has 0 bridgehead atoms. The Labute approximate surface area is 186 Å². The van der Waals surface area contributed by atoms with E-state index in [2.05, 4.69) is 10.2 Å². The largest absolute Gasteiger partial charge is 0.490 e. The molecule has 1 amide bonds. The monoisotopic (exact) mass is 471 g/mol. The normalized spacial score (nSPS) is 15.7. The Hall–Kier alpha value is -1.84. The molecule has 2 aromatic carbocycles. The molecule has 30 heavy (non-hydrogen) atoms. The van der Waals surface area contributed by atoms with Gasteiger partial charge in [0.25, 0.3) is 5.91 Å². The summed E-state index contributed by atoms with van der Waals surface area (Å²) >= 11 is 11.9. The number of carbonyl (C=O) groups is 1. The molecule has 1 saturated heterocycles. The Balaban J connectivity index is 1.41. The number of benzene rings is 2. The van der Waals surface area contributed by atoms with E-state index in [4.69, 9.17) is 33.1 Å². The number of hydrogen-bond donors (Lipinski definition) is 2. The first-order valence-electron chi connectivity index (χ1n) is 9.47. The summed E-state index contributed by atoms with van der Waals surface area (Å²) in [6.45, 7) is 2.85. The summed E-state index contributed by atoms with van der Waals surface area (Å²) in [5.41, 5.74) is 0.259. The highest BCUT2D eigenvalue weighted by Gasteiger charge is 2.21.